The number of carbonyl (C=O) groups excluding carboxylic acids is 2. The van der Waals surface area contributed by atoms with Crippen molar-refractivity contribution in [2.75, 3.05) is 6.61 Å². The molecule has 126 valence electrons. The highest BCUT2D eigenvalue weighted by Gasteiger charge is 2.75. The number of rotatable bonds is 5. The zero-order valence-electron chi connectivity index (χ0n) is 13.6. The first-order valence-electron chi connectivity index (χ1n) is 7.99. The fourth-order valence-electron chi connectivity index (χ4n) is 3.34. The topological polar surface area (TPSA) is 67.2 Å². The van der Waals surface area contributed by atoms with Crippen LogP contribution in [-0.2, 0) is 9.53 Å². The number of Topliss-reactive ketones (excluding diaryl/α,β-unsaturated/α-hetero) is 1. The van der Waals surface area contributed by atoms with E-state index in [2.05, 4.69) is 0 Å². The van der Waals surface area contributed by atoms with Crippen LogP contribution in [0.25, 0.3) is 0 Å². The summed E-state index contributed by atoms with van der Waals surface area (Å²) in [5.41, 5.74) is -0.563. The number of hydrogen-bond donors (Lipinski definition) is 0. The molecule has 0 aromatic heterocycles. The number of carbonyl (C=O) groups is 2. The van der Waals surface area contributed by atoms with Crippen LogP contribution in [0.5, 0.6) is 0 Å². The summed E-state index contributed by atoms with van der Waals surface area (Å²) >= 11 is 0. The van der Waals surface area contributed by atoms with E-state index in [-0.39, 0.29) is 12.4 Å². The van der Waals surface area contributed by atoms with Gasteiger partial charge in [-0.1, -0.05) is 42.5 Å². The van der Waals surface area contributed by atoms with Gasteiger partial charge in [-0.25, -0.2) is 4.39 Å². The number of hydrogen-bond acceptors (Lipinski definition) is 4. The van der Waals surface area contributed by atoms with Gasteiger partial charge in [0.1, 0.15) is 5.82 Å². The van der Waals surface area contributed by atoms with E-state index in [0.717, 1.165) is 0 Å². The van der Waals surface area contributed by atoms with E-state index in [9.17, 15) is 19.2 Å². The monoisotopic (exact) mass is 337 g/mol. The smallest absolute Gasteiger partial charge is 0.327 e. The quantitative estimate of drug-likeness (QED) is 0.619. The largest absolute Gasteiger partial charge is 0.465 e. The molecule has 2 aromatic carbocycles. The number of esters is 1. The molecule has 25 heavy (non-hydrogen) atoms. The molecular weight excluding hydrogens is 321 g/mol. The predicted molar refractivity (Wildman–Crippen MR) is 88.1 cm³/mol. The van der Waals surface area contributed by atoms with Crippen molar-refractivity contribution >= 4 is 11.8 Å². The van der Waals surface area contributed by atoms with E-state index < -0.39 is 29.0 Å². The number of ether oxygens (including phenoxy) is 1. The number of halogens is 1. The van der Waals surface area contributed by atoms with Crippen molar-refractivity contribution in [3.8, 4) is 6.07 Å². The van der Waals surface area contributed by atoms with Crippen molar-refractivity contribution in [2.45, 2.75) is 12.8 Å². The molecule has 0 aliphatic heterocycles. The van der Waals surface area contributed by atoms with Crippen LogP contribution < -0.4 is 0 Å². The number of ketones is 1. The zero-order chi connectivity index (χ0) is 18.0. The van der Waals surface area contributed by atoms with Crippen molar-refractivity contribution in [1.82, 2.24) is 0 Å². The van der Waals surface area contributed by atoms with Crippen molar-refractivity contribution in [1.29, 1.82) is 5.26 Å². The first-order chi connectivity index (χ1) is 12.1. The lowest BCUT2D eigenvalue weighted by molar-refractivity contribution is -0.147. The van der Waals surface area contributed by atoms with Crippen LogP contribution in [0.1, 0.15) is 28.8 Å². The highest BCUT2D eigenvalue weighted by molar-refractivity contribution is 6.07. The third-order valence-corrected chi connectivity index (χ3v) is 4.57. The van der Waals surface area contributed by atoms with E-state index in [1.54, 1.807) is 37.3 Å². The normalized spacial score (nSPS) is 24.2. The Morgan fingerprint density at radius 1 is 1.16 bits per heavy atom. The van der Waals surface area contributed by atoms with Gasteiger partial charge in [0.05, 0.1) is 18.6 Å². The molecule has 3 atom stereocenters. The third-order valence-electron chi connectivity index (χ3n) is 4.57. The maximum Gasteiger partial charge on any atom is 0.327 e. The van der Waals surface area contributed by atoms with Crippen LogP contribution in [0.3, 0.4) is 0 Å². The maximum absolute atomic E-state index is 13.2. The molecule has 0 N–H and O–H groups in total. The van der Waals surface area contributed by atoms with Crippen molar-refractivity contribution in [3.63, 3.8) is 0 Å². The summed E-state index contributed by atoms with van der Waals surface area (Å²) in [6, 6.07) is 16.1. The molecule has 0 radical (unpaired) electrons. The van der Waals surface area contributed by atoms with Crippen LogP contribution >= 0.6 is 0 Å². The van der Waals surface area contributed by atoms with Crippen LogP contribution in [0.15, 0.2) is 54.6 Å². The molecule has 0 saturated heterocycles. The minimum Gasteiger partial charge on any atom is -0.465 e. The van der Waals surface area contributed by atoms with Gasteiger partial charge in [0.2, 0.25) is 0 Å². The molecule has 1 fully saturated rings. The SMILES string of the molecule is CCOC(=O)[C@]1(C#N)[C@H](C(=O)c2ccccc2)[C@H]1c1ccc(F)cc1. The molecule has 0 amide bonds. The van der Waals surface area contributed by atoms with E-state index >= 15 is 0 Å². The van der Waals surface area contributed by atoms with E-state index in [4.69, 9.17) is 4.74 Å². The minimum absolute atomic E-state index is 0.116. The van der Waals surface area contributed by atoms with Gasteiger partial charge in [-0.05, 0) is 24.6 Å². The Morgan fingerprint density at radius 2 is 1.80 bits per heavy atom. The first kappa shape index (κ1) is 16.8. The molecule has 0 spiro atoms. The average molecular weight is 337 g/mol. The highest BCUT2D eigenvalue weighted by Crippen LogP contribution is 2.66. The standard InChI is InChI=1S/C20H16FNO3/c1-2-25-19(24)20(12-22)16(13-8-10-15(21)11-9-13)17(20)18(23)14-6-4-3-5-7-14/h3-11,16-17H,2H2,1H3/t16-,17+,20+/m1/s1. The van der Waals surface area contributed by atoms with E-state index in [1.165, 1.54) is 24.3 Å². The van der Waals surface area contributed by atoms with E-state index in [0.29, 0.717) is 11.1 Å². The second kappa shape index (κ2) is 6.48. The molecule has 4 nitrogen and oxygen atoms in total. The second-order valence-electron chi connectivity index (χ2n) is 5.94. The molecule has 5 heteroatoms. The maximum atomic E-state index is 13.2. The van der Waals surface area contributed by atoms with Crippen LogP contribution in [0, 0.1) is 28.5 Å². The summed E-state index contributed by atoms with van der Waals surface area (Å²) < 4.78 is 18.3. The molecule has 0 unspecified atom stereocenters. The fourth-order valence-corrected chi connectivity index (χ4v) is 3.34. The fraction of sp³-hybridized carbons (Fsp3) is 0.250. The lowest BCUT2D eigenvalue weighted by Crippen LogP contribution is -2.23. The van der Waals surface area contributed by atoms with Gasteiger partial charge in [-0.3, -0.25) is 9.59 Å². The Labute approximate surface area is 144 Å². The third kappa shape index (κ3) is 2.70. The lowest BCUT2D eigenvalue weighted by Gasteiger charge is -2.08. The summed E-state index contributed by atoms with van der Waals surface area (Å²) in [5.74, 6) is -2.91. The van der Waals surface area contributed by atoms with Crippen molar-refractivity contribution < 1.29 is 18.7 Å². The molecule has 1 aliphatic rings. The lowest BCUT2D eigenvalue weighted by atomic mass is 9.99. The molecule has 1 saturated carbocycles. The Balaban J connectivity index is 2.04. The van der Waals surface area contributed by atoms with Gasteiger partial charge in [-0.2, -0.15) is 5.26 Å². The minimum atomic E-state index is -1.57. The molecule has 2 aromatic rings. The van der Waals surface area contributed by atoms with Gasteiger partial charge in [0.15, 0.2) is 11.2 Å². The first-order valence-corrected chi connectivity index (χ1v) is 7.99. The molecule has 3 rings (SSSR count). The number of benzene rings is 2. The zero-order valence-corrected chi connectivity index (χ0v) is 13.6. The molecule has 0 heterocycles. The van der Waals surface area contributed by atoms with Crippen LogP contribution in [0.4, 0.5) is 4.39 Å². The van der Waals surface area contributed by atoms with Gasteiger partial charge in [0, 0.05) is 11.5 Å². The van der Waals surface area contributed by atoms with Crippen LogP contribution in [0.2, 0.25) is 0 Å². The Bertz CT molecular complexity index is 841. The predicted octanol–water partition coefficient (Wildman–Crippen LogP) is 3.50. The van der Waals surface area contributed by atoms with Gasteiger partial charge >= 0.3 is 5.97 Å². The molecule has 1 aliphatic carbocycles. The van der Waals surface area contributed by atoms with Crippen molar-refractivity contribution in [3.05, 3.63) is 71.5 Å². The summed E-state index contributed by atoms with van der Waals surface area (Å²) in [6.07, 6.45) is 0. The number of nitriles is 1. The summed E-state index contributed by atoms with van der Waals surface area (Å²) in [4.78, 5) is 25.4. The van der Waals surface area contributed by atoms with Crippen LogP contribution in [-0.4, -0.2) is 18.4 Å². The van der Waals surface area contributed by atoms with Gasteiger partial charge in [0.25, 0.3) is 0 Å². The Hall–Kier alpha value is -3.00. The van der Waals surface area contributed by atoms with Crippen molar-refractivity contribution in [2.24, 2.45) is 11.3 Å². The number of nitrogens with zero attached hydrogens (tertiary/aromatic N) is 1. The average Bonchev–Trinajstić information content (AvgIpc) is 3.33. The molecular formula is C20H16FNO3. The highest BCUT2D eigenvalue weighted by atomic mass is 19.1. The summed E-state index contributed by atoms with van der Waals surface area (Å²) in [7, 11) is 0. The van der Waals surface area contributed by atoms with E-state index in [1.807, 2.05) is 6.07 Å². The van der Waals surface area contributed by atoms with Gasteiger partial charge < -0.3 is 4.74 Å². The molecule has 0 bridgehead atoms. The summed E-state index contributed by atoms with van der Waals surface area (Å²) in [5, 5.41) is 9.73. The Kier molecular flexibility index (Phi) is 4.37. The second-order valence-corrected chi connectivity index (χ2v) is 5.94. The Morgan fingerprint density at radius 3 is 2.36 bits per heavy atom. The van der Waals surface area contributed by atoms with Gasteiger partial charge in [-0.15, -0.1) is 0 Å². The summed E-state index contributed by atoms with van der Waals surface area (Å²) in [6.45, 7) is 1.76.